The highest BCUT2D eigenvalue weighted by Gasteiger charge is 2.34. The molecule has 0 aliphatic carbocycles. The smallest absolute Gasteiger partial charge is 0.290 e. The van der Waals surface area contributed by atoms with Gasteiger partial charge < -0.3 is 25.3 Å². The molecule has 1 aromatic carbocycles. The second-order valence-electron chi connectivity index (χ2n) is 8.77. The lowest BCUT2D eigenvalue weighted by atomic mass is 9.93. The number of rotatable bonds is 10. The number of aromatic nitrogens is 2. The highest BCUT2D eigenvalue weighted by Crippen LogP contribution is 2.23. The van der Waals surface area contributed by atoms with E-state index in [0.717, 1.165) is 23.9 Å². The largest absolute Gasteiger partial charge is 0.385 e. The fraction of sp³-hybridized carbons (Fsp3) is 0.609. The number of nitrogens with one attached hydrogen (secondary N) is 1. The standard InChI is InChI=1S/C23H35N5O3/c1-16(2)15-28(18-12-17(21(24)29)13-25-14-18)23(30)22-26-19-8-4-5-9-20(19)27(22)10-6-7-11-31-3/h4-5,8-9,16-18,25H,6-7,10-15H2,1-3H3,(H2,24,29)/t17?,18-/m0/s1. The molecule has 170 valence electrons. The van der Waals surface area contributed by atoms with Crippen molar-refractivity contribution in [2.75, 3.05) is 33.4 Å². The highest BCUT2D eigenvalue weighted by atomic mass is 16.5. The number of para-hydroxylation sites is 2. The molecule has 2 amide bonds. The number of carbonyl (C=O) groups excluding carboxylic acids is 2. The van der Waals surface area contributed by atoms with E-state index >= 15 is 0 Å². The normalized spacial score (nSPS) is 19.1. The Morgan fingerprint density at radius 3 is 2.77 bits per heavy atom. The zero-order chi connectivity index (χ0) is 22.4. The number of primary amides is 1. The fourth-order valence-electron chi connectivity index (χ4n) is 4.27. The van der Waals surface area contributed by atoms with Crippen molar-refractivity contribution in [2.45, 2.75) is 45.7 Å². The van der Waals surface area contributed by atoms with Gasteiger partial charge in [0, 0.05) is 45.9 Å². The SMILES string of the molecule is COCCCCn1c(C(=O)N(CC(C)C)[C@@H]2CNCC(C(N)=O)C2)nc2ccccc21. The first kappa shape index (κ1) is 23.2. The van der Waals surface area contributed by atoms with Crippen molar-refractivity contribution in [2.24, 2.45) is 17.6 Å². The number of fused-ring (bicyclic) bond motifs is 1. The zero-order valence-electron chi connectivity index (χ0n) is 18.8. The van der Waals surface area contributed by atoms with Crippen molar-refractivity contribution in [3.63, 3.8) is 0 Å². The maximum Gasteiger partial charge on any atom is 0.290 e. The number of ether oxygens (including phenoxy) is 1. The summed E-state index contributed by atoms with van der Waals surface area (Å²) < 4.78 is 7.20. The Morgan fingerprint density at radius 1 is 1.29 bits per heavy atom. The number of aryl methyl sites for hydroxylation is 1. The van der Waals surface area contributed by atoms with Crippen LogP contribution in [0.3, 0.4) is 0 Å². The summed E-state index contributed by atoms with van der Waals surface area (Å²) in [6.07, 6.45) is 2.39. The van der Waals surface area contributed by atoms with E-state index in [4.69, 9.17) is 15.5 Å². The van der Waals surface area contributed by atoms with Crippen LogP contribution in [0.4, 0.5) is 0 Å². The van der Waals surface area contributed by atoms with Gasteiger partial charge >= 0.3 is 0 Å². The maximum atomic E-state index is 13.8. The molecule has 3 N–H and O–H groups in total. The first-order chi connectivity index (χ1) is 14.9. The molecule has 8 nitrogen and oxygen atoms in total. The third-order valence-corrected chi connectivity index (χ3v) is 5.82. The van der Waals surface area contributed by atoms with Crippen LogP contribution >= 0.6 is 0 Å². The van der Waals surface area contributed by atoms with Gasteiger partial charge in [-0.3, -0.25) is 9.59 Å². The van der Waals surface area contributed by atoms with Gasteiger partial charge in [-0.2, -0.15) is 0 Å². The quantitative estimate of drug-likeness (QED) is 0.563. The van der Waals surface area contributed by atoms with E-state index in [1.54, 1.807) is 7.11 Å². The summed E-state index contributed by atoms with van der Waals surface area (Å²) >= 11 is 0. The number of methoxy groups -OCH3 is 1. The molecule has 1 fully saturated rings. The summed E-state index contributed by atoms with van der Waals surface area (Å²) in [6, 6.07) is 7.76. The molecule has 0 spiro atoms. The lowest BCUT2D eigenvalue weighted by Crippen LogP contribution is -2.54. The Balaban J connectivity index is 1.92. The summed E-state index contributed by atoms with van der Waals surface area (Å²) in [5.41, 5.74) is 7.34. The number of hydrogen-bond donors (Lipinski definition) is 2. The first-order valence-corrected chi connectivity index (χ1v) is 11.2. The van der Waals surface area contributed by atoms with Gasteiger partial charge in [0.1, 0.15) is 0 Å². The molecule has 2 aromatic rings. The summed E-state index contributed by atoms with van der Waals surface area (Å²) in [5.74, 6) is 0.0695. The van der Waals surface area contributed by atoms with E-state index in [2.05, 4.69) is 19.2 Å². The van der Waals surface area contributed by atoms with Crippen LogP contribution in [0.1, 0.15) is 43.7 Å². The number of nitrogens with two attached hydrogens (primary N) is 1. The summed E-state index contributed by atoms with van der Waals surface area (Å²) in [6.45, 7) is 7.39. The minimum absolute atomic E-state index is 0.0893. The average molecular weight is 430 g/mol. The number of amides is 2. The summed E-state index contributed by atoms with van der Waals surface area (Å²) in [4.78, 5) is 32.2. The molecule has 8 heteroatoms. The summed E-state index contributed by atoms with van der Waals surface area (Å²) in [5, 5.41) is 3.28. The molecular formula is C23H35N5O3. The Labute approximate surface area is 184 Å². The molecule has 31 heavy (non-hydrogen) atoms. The van der Waals surface area contributed by atoms with Gasteiger partial charge in [-0.25, -0.2) is 4.98 Å². The van der Waals surface area contributed by atoms with E-state index in [0.29, 0.717) is 45.0 Å². The number of imidazole rings is 1. The monoisotopic (exact) mass is 429 g/mol. The van der Waals surface area contributed by atoms with Crippen LogP contribution in [0, 0.1) is 11.8 Å². The van der Waals surface area contributed by atoms with Crippen molar-refractivity contribution in [3.05, 3.63) is 30.1 Å². The molecule has 3 rings (SSSR count). The molecule has 1 unspecified atom stereocenters. The predicted octanol–water partition coefficient (Wildman–Crippen LogP) is 2.02. The molecule has 0 bridgehead atoms. The highest BCUT2D eigenvalue weighted by molar-refractivity contribution is 5.95. The molecule has 1 aliphatic rings. The molecule has 2 heterocycles. The molecular weight excluding hydrogens is 394 g/mol. The molecule has 0 saturated carbocycles. The molecule has 1 saturated heterocycles. The van der Waals surface area contributed by atoms with E-state index in [9.17, 15) is 9.59 Å². The van der Waals surface area contributed by atoms with Crippen LogP contribution < -0.4 is 11.1 Å². The number of hydrogen-bond acceptors (Lipinski definition) is 5. The zero-order valence-corrected chi connectivity index (χ0v) is 18.8. The third-order valence-electron chi connectivity index (χ3n) is 5.82. The predicted molar refractivity (Wildman–Crippen MR) is 121 cm³/mol. The van der Waals surface area contributed by atoms with Crippen molar-refractivity contribution in [1.82, 2.24) is 19.8 Å². The Bertz CT molecular complexity index is 894. The van der Waals surface area contributed by atoms with Gasteiger partial charge in [-0.05, 0) is 37.3 Å². The van der Waals surface area contributed by atoms with Crippen LogP contribution in [0.2, 0.25) is 0 Å². The van der Waals surface area contributed by atoms with Gasteiger partial charge in [-0.15, -0.1) is 0 Å². The Morgan fingerprint density at radius 2 is 2.06 bits per heavy atom. The number of benzene rings is 1. The molecule has 1 aliphatic heterocycles. The van der Waals surface area contributed by atoms with Crippen LogP contribution in [-0.2, 0) is 16.1 Å². The van der Waals surface area contributed by atoms with E-state index < -0.39 is 0 Å². The topological polar surface area (TPSA) is 102 Å². The lowest BCUT2D eigenvalue weighted by molar-refractivity contribution is -0.122. The van der Waals surface area contributed by atoms with Crippen LogP contribution in [-0.4, -0.2) is 65.7 Å². The van der Waals surface area contributed by atoms with Crippen LogP contribution in [0.25, 0.3) is 11.0 Å². The Kier molecular flexibility index (Phi) is 8.03. The minimum Gasteiger partial charge on any atom is -0.385 e. The lowest BCUT2D eigenvalue weighted by Gasteiger charge is -2.38. The first-order valence-electron chi connectivity index (χ1n) is 11.2. The fourth-order valence-corrected chi connectivity index (χ4v) is 4.27. The number of unbranched alkanes of at least 4 members (excludes halogenated alkanes) is 1. The van der Waals surface area contributed by atoms with Gasteiger partial charge in [0.25, 0.3) is 5.91 Å². The molecule has 1 aromatic heterocycles. The number of nitrogens with zero attached hydrogens (tertiary/aromatic N) is 3. The molecule has 0 radical (unpaired) electrons. The van der Waals surface area contributed by atoms with Crippen molar-refractivity contribution in [3.8, 4) is 0 Å². The minimum atomic E-state index is -0.320. The third kappa shape index (κ3) is 5.62. The van der Waals surface area contributed by atoms with E-state index in [1.807, 2.05) is 33.7 Å². The second-order valence-corrected chi connectivity index (χ2v) is 8.77. The van der Waals surface area contributed by atoms with Gasteiger partial charge in [-0.1, -0.05) is 26.0 Å². The Hall–Kier alpha value is -2.45. The number of carbonyl (C=O) groups is 2. The maximum absolute atomic E-state index is 13.8. The summed E-state index contributed by atoms with van der Waals surface area (Å²) in [7, 11) is 1.70. The van der Waals surface area contributed by atoms with Gasteiger partial charge in [0.05, 0.1) is 17.0 Å². The average Bonchev–Trinajstić information content (AvgIpc) is 3.13. The van der Waals surface area contributed by atoms with E-state index in [1.165, 1.54) is 0 Å². The second kappa shape index (κ2) is 10.7. The van der Waals surface area contributed by atoms with Gasteiger partial charge in [0.15, 0.2) is 5.82 Å². The van der Waals surface area contributed by atoms with Crippen molar-refractivity contribution in [1.29, 1.82) is 0 Å². The van der Waals surface area contributed by atoms with Crippen LogP contribution in [0.15, 0.2) is 24.3 Å². The van der Waals surface area contributed by atoms with E-state index in [-0.39, 0.29) is 29.7 Å². The van der Waals surface area contributed by atoms with Crippen molar-refractivity contribution >= 4 is 22.8 Å². The van der Waals surface area contributed by atoms with Crippen LogP contribution in [0.5, 0.6) is 0 Å². The van der Waals surface area contributed by atoms with Gasteiger partial charge in [0.2, 0.25) is 5.91 Å². The molecule has 2 atom stereocenters. The van der Waals surface area contributed by atoms with Crippen molar-refractivity contribution < 1.29 is 14.3 Å². The number of piperidine rings is 1.